The quantitative estimate of drug-likeness (QED) is 0.721. The normalized spacial score (nSPS) is 26.6. The highest BCUT2D eigenvalue weighted by atomic mass is 16.3. The smallest absolute Gasteiger partial charge is 0.255 e. The summed E-state index contributed by atoms with van der Waals surface area (Å²) < 4.78 is 3.52. The van der Waals surface area contributed by atoms with Gasteiger partial charge in [0, 0.05) is 32.4 Å². The van der Waals surface area contributed by atoms with Gasteiger partial charge in [0.2, 0.25) is 5.56 Å². The predicted octanol–water partition coefficient (Wildman–Crippen LogP) is 1.82. The number of hydrogen-bond donors (Lipinski definition) is 1. The summed E-state index contributed by atoms with van der Waals surface area (Å²) in [5.74, 6) is 0.600. The van der Waals surface area contributed by atoms with Gasteiger partial charge in [0.1, 0.15) is 0 Å². The number of carbonyl (C=O) groups is 1. The van der Waals surface area contributed by atoms with E-state index in [-0.39, 0.29) is 17.5 Å². The van der Waals surface area contributed by atoms with E-state index >= 15 is 0 Å². The zero-order valence-electron chi connectivity index (χ0n) is 16.3. The van der Waals surface area contributed by atoms with Crippen molar-refractivity contribution in [1.29, 1.82) is 0 Å². The Morgan fingerprint density at radius 2 is 1.86 bits per heavy atom. The second-order valence-corrected chi connectivity index (χ2v) is 8.34. The first-order chi connectivity index (χ1) is 14.0. The third-order valence-electron chi connectivity index (χ3n) is 6.57. The third kappa shape index (κ3) is 3.06. The lowest BCUT2D eigenvalue weighted by atomic mass is 9.77. The number of aromatic nitrogens is 3. The molecule has 150 valence electrons. The minimum Gasteiger partial charge on any atom is -0.391 e. The fraction of sp³-hybridized carbons (Fsp3) is 0.409. The van der Waals surface area contributed by atoms with Gasteiger partial charge in [-0.3, -0.25) is 9.59 Å². The molecule has 29 heavy (non-hydrogen) atoms. The maximum atomic E-state index is 13.0. The molecule has 1 saturated heterocycles. The van der Waals surface area contributed by atoms with E-state index in [9.17, 15) is 14.7 Å². The molecule has 1 aromatic carbocycles. The van der Waals surface area contributed by atoms with E-state index in [0.717, 1.165) is 17.5 Å². The highest BCUT2D eigenvalue weighted by Gasteiger charge is 2.43. The van der Waals surface area contributed by atoms with Gasteiger partial charge < -0.3 is 19.1 Å². The van der Waals surface area contributed by atoms with Gasteiger partial charge in [0.15, 0.2) is 0 Å². The van der Waals surface area contributed by atoms with Crippen LogP contribution in [0.25, 0.3) is 11.0 Å². The van der Waals surface area contributed by atoms with Crippen molar-refractivity contribution in [3.63, 3.8) is 0 Å². The van der Waals surface area contributed by atoms with Crippen molar-refractivity contribution >= 4 is 16.9 Å². The fourth-order valence-corrected chi connectivity index (χ4v) is 5.02. The Labute approximate surface area is 168 Å². The van der Waals surface area contributed by atoms with Crippen molar-refractivity contribution in [1.82, 2.24) is 19.0 Å². The number of aliphatic hydroxyl groups is 1. The zero-order chi connectivity index (χ0) is 20.1. The van der Waals surface area contributed by atoms with Crippen LogP contribution in [0.3, 0.4) is 0 Å². The lowest BCUT2D eigenvalue weighted by molar-refractivity contribution is 0.0374. The van der Waals surface area contributed by atoms with E-state index in [4.69, 9.17) is 0 Å². The Bertz CT molecular complexity index is 1130. The van der Waals surface area contributed by atoms with Crippen molar-refractivity contribution in [3.05, 3.63) is 64.8 Å². The number of imidazole rings is 1. The molecule has 4 atom stereocenters. The number of aryl methyl sites for hydroxylation is 1. The molecular weight excluding hydrogens is 368 g/mol. The van der Waals surface area contributed by atoms with Crippen molar-refractivity contribution in [3.8, 4) is 0 Å². The molecule has 3 heterocycles. The first kappa shape index (κ1) is 18.1. The number of aliphatic hydroxyl groups excluding tert-OH is 1. The van der Waals surface area contributed by atoms with Crippen LogP contribution in [-0.4, -0.2) is 49.2 Å². The number of pyridine rings is 1. The molecule has 0 radical (unpaired) electrons. The molecule has 7 nitrogen and oxygen atoms in total. The number of rotatable bonds is 2. The maximum Gasteiger partial charge on any atom is 0.255 e. The lowest BCUT2D eigenvalue weighted by Crippen LogP contribution is -2.36. The Morgan fingerprint density at radius 1 is 1.10 bits per heavy atom. The van der Waals surface area contributed by atoms with E-state index in [2.05, 4.69) is 9.55 Å². The molecule has 5 rings (SSSR count). The van der Waals surface area contributed by atoms with Crippen LogP contribution >= 0.6 is 0 Å². The van der Waals surface area contributed by atoms with Crippen LogP contribution in [0, 0.1) is 11.8 Å². The molecule has 2 aliphatic rings. The van der Waals surface area contributed by atoms with Gasteiger partial charge in [0.25, 0.3) is 5.91 Å². The summed E-state index contributed by atoms with van der Waals surface area (Å²) in [6.45, 7) is 1.34. The molecular formula is C22H24N4O3. The summed E-state index contributed by atoms with van der Waals surface area (Å²) in [6, 6.07) is 11.0. The van der Waals surface area contributed by atoms with Gasteiger partial charge >= 0.3 is 0 Å². The largest absolute Gasteiger partial charge is 0.391 e. The maximum absolute atomic E-state index is 13.0. The number of hydrogen-bond acceptors (Lipinski definition) is 4. The molecule has 1 amide bonds. The topological polar surface area (TPSA) is 80.4 Å². The SMILES string of the molecule is Cn1cc(C(=O)N2C[C@H]3C[C@@H](n4cnc5ccccc54)[C@H](O)C[C@H]3C2)ccc1=O. The number of likely N-dealkylation sites (tertiary alicyclic amines) is 1. The Balaban J connectivity index is 1.36. The first-order valence-corrected chi connectivity index (χ1v) is 10.1. The number of para-hydroxylation sites is 2. The molecule has 2 fully saturated rings. The fourth-order valence-electron chi connectivity index (χ4n) is 5.02. The number of benzene rings is 1. The summed E-state index contributed by atoms with van der Waals surface area (Å²) >= 11 is 0. The highest BCUT2D eigenvalue weighted by Crippen LogP contribution is 2.42. The highest BCUT2D eigenvalue weighted by molar-refractivity contribution is 5.94. The summed E-state index contributed by atoms with van der Waals surface area (Å²) in [6.07, 6.45) is 4.46. The summed E-state index contributed by atoms with van der Waals surface area (Å²) in [5, 5.41) is 10.9. The molecule has 1 saturated carbocycles. The number of nitrogens with zero attached hydrogens (tertiary/aromatic N) is 4. The summed E-state index contributed by atoms with van der Waals surface area (Å²) in [5.41, 5.74) is 2.37. The van der Waals surface area contributed by atoms with E-state index in [0.29, 0.717) is 36.9 Å². The van der Waals surface area contributed by atoms with E-state index in [1.54, 1.807) is 19.3 Å². The molecule has 1 aliphatic carbocycles. The Morgan fingerprint density at radius 3 is 2.66 bits per heavy atom. The standard InChI is InChI=1S/C22H24N4O3/c1-24-10-14(6-7-21(24)28)22(29)25-11-15-8-19(20(27)9-16(15)12-25)26-13-23-17-4-2-3-5-18(17)26/h2-7,10,13,15-16,19-20,27H,8-9,11-12H2,1H3/t15-,16+,19-,20-/m1/s1. The average Bonchev–Trinajstić information content (AvgIpc) is 3.32. The minimum atomic E-state index is -0.457. The van der Waals surface area contributed by atoms with Crippen LogP contribution in [0.5, 0.6) is 0 Å². The van der Waals surface area contributed by atoms with E-state index in [1.807, 2.05) is 35.5 Å². The number of carbonyl (C=O) groups excluding carboxylic acids is 1. The molecule has 0 unspecified atom stereocenters. The van der Waals surface area contributed by atoms with Gasteiger partial charge in [-0.1, -0.05) is 12.1 Å². The predicted molar refractivity (Wildman–Crippen MR) is 109 cm³/mol. The zero-order valence-corrected chi connectivity index (χ0v) is 16.3. The van der Waals surface area contributed by atoms with Crippen LogP contribution in [0.15, 0.2) is 53.7 Å². The molecule has 0 bridgehead atoms. The molecule has 1 N–H and O–H groups in total. The third-order valence-corrected chi connectivity index (χ3v) is 6.57. The van der Waals surface area contributed by atoms with Crippen molar-refractivity contribution in [2.75, 3.05) is 13.1 Å². The number of fused-ring (bicyclic) bond motifs is 2. The van der Waals surface area contributed by atoms with Crippen molar-refractivity contribution in [2.24, 2.45) is 18.9 Å². The van der Waals surface area contributed by atoms with E-state index < -0.39 is 6.10 Å². The van der Waals surface area contributed by atoms with Crippen molar-refractivity contribution < 1.29 is 9.90 Å². The Kier molecular flexibility index (Phi) is 4.28. The van der Waals surface area contributed by atoms with E-state index in [1.165, 1.54) is 10.6 Å². The first-order valence-electron chi connectivity index (χ1n) is 10.1. The van der Waals surface area contributed by atoms with Crippen LogP contribution in [0.2, 0.25) is 0 Å². The molecule has 3 aromatic rings. The van der Waals surface area contributed by atoms with Crippen LogP contribution < -0.4 is 5.56 Å². The van der Waals surface area contributed by atoms with Gasteiger partial charge in [-0.05, 0) is 42.9 Å². The second-order valence-electron chi connectivity index (χ2n) is 8.34. The van der Waals surface area contributed by atoms with Gasteiger partial charge in [0.05, 0.1) is 35.1 Å². The second kappa shape index (κ2) is 6.84. The number of amides is 1. The van der Waals surface area contributed by atoms with Gasteiger partial charge in [-0.25, -0.2) is 4.98 Å². The van der Waals surface area contributed by atoms with Gasteiger partial charge in [-0.2, -0.15) is 0 Å². The Hall–Kier alpha value is -2.93. The minimum absolute atomic E-state index is 0.0313. The van der Waals surface area contributed by atoms with Crippen LogP contribution in [0.1, 0.15) is 29.2 Å². The molecule has 7 heteroatoms. The monoisotopic (exact) mass is 392 g/mol. The van der Waals surface area contributed by atoms with Gasteiger partial charge in [-0.15, -0.1) is 0 Å². The molecule has 1 aliphatic heterocycles. The lowest BCUT2D eigenvalue weighted by Gasteiger charge is -2.36. The van der Waals surface area contributed by atoms with Crippen LogP contribution in [0.4, 0.5) is 0 Å². The average molecular weight is 392 g/mol. The summed E-state index contributed by atoms with van der Waals surface area (Å²) in [4.78, 5) is 30.9. The van der Waals surface area contributed by atoms with Crippen LogP contribution in [-0.2, 0) is 7.05 Å². The summed E-state index contributed by atoms with van der Waals surface area (Å²) in [7, 11) is 1.65. The molecule has 2 aromatic heterocycles. The van der Waals surface area contributed by atoms with Crippen molar-refractivity contribution in [2.45, 2.75) is 25.0 Å². The molecule has 0 spiro atoms.